The van der Waals surface area contributed by atoms with E-state index in [1.54, 1.807) is 0 Å². The normalized spacial score (nSPS) is 11.5. The Balaban J connectivity index is 2.72. The van der Waals surface area contributed by atoms with E-state index in [9.17, 15) is 18.8 Å². The second kappa shape index (κ2) is 6.71. The molecule has 1 aromatic carbocycles. The van der Waals surface area contributed by atoms with Crippen molar-refractivity contribution in [1.82, 2.24) is 5.32 Å². The highest BCUT2D eigenvalue weighted by atomic mass is 35.5. The van der Waals surface area contributed by atoms with Crippen LogP contribution in [0, 0.1) is 5.82 Å². The number of aliphatic carboxylic acids is 1. The lowest BCUT2D eigenvalue weighted by molar-refractivity contribution is -0.140. The number of hydrogen-bond donors (Lipinski definition) is 4. The minimum absolute atomic E-state index is 0.189. The van der Waals surface area contributed by atoms with Gasteiger partial charge in [0.05, 0.1) is 12.1 Å². The van der Waals surface area contributed by atoms with Gasteiger partial charge < -0.3 is 21.5 Å². The summed E-state index contributed by atoms with van der Waals surface area (Å²) in [6.45, 7) is 0. The van der Waals surface area contributed by atoms with Gasteiger partial charge in [0.1, 0.15) is 11.9 Å². The standard InChI is InChI=1S/C11H11ClFN3O4/c12-5-1-2-6(13)7(3-5)15-11(20)16-8(10(18)19)4-9(14)17/h1-3,8H,4H2,(H2,14,17)(H,18,19)(H2,15,16,20)/t8-/m0/s1. The first-order valence-corrected chi connectivity index (χ1v) is 5.71. The molecule has 0 aliphatic heterocycles. The Bertz CT molecular complexity index is 552. The third-order valence-electron chi connectivity index (χ3n) is 2.19. The van der Waals surface area contributed by atoms with Crippen LogP contribution in [0.4, 0.5) is 14.9 Å². The highest BCUT2D eigenvalue weighted by molar-refractivity contribution is 6.30. The van der Waals surface area contributed by atoms with Gasteiger partial charge in [0, 0.05) is 5.02 Å². The minimum Gasteiger partial charge on any atom is -0.480 e. The fourth-order valence-corrected chi connectivity index (χ4v) is 1.48. The molecular weight excluding hydrogens is 293 g/mol. The molecule has 0 heterocycles. The Labute approximate surface area is 117 Å². The van der Waals surface area contributed by atoms with Gasteiger partial charge in [0.2, 0.25) is 5.91 Å². The number of carbonyl (C=O) groups excluding carboxylic acids is 2. The molecule has 0 unspecified atom stereocenters. The third-order valence-corrected chi connectivity index (χ3v) is 2.42. The highest BCUT2D eigenvalue weighted by Crippen LogP contribution is 2.19. The van der Waals surface area contributed by atoms with Gasteiger partial charge in [-0.25, -0.2) is 14.0 Å². The second-order valence-electron chi connectivity index (χ2n) is 3.78. The number of anilines is 1. The molecule has 0 radical (unpaired) electrons. The molecule has 0 bridgehead atoms. The van der Waals surface area contributed by atoms with E-state index in [0.29, 0.717) is 0 Å². The predicted molar refractivity (Wildman–Crippen MR) is 68.8 cm³/mol. The maximum atomic E-state index is 13.3. The third kappa shape index (κ3) is 4.73. The fraction of sp³-hybridized carbons (Fsp3) is 0.182. The summed E-state index contributed by atoms with van der Waals surface area (Å²) in [6, 6.07) is 0.971. The van der Waals surface area contributed by atoms with Crippen LogP contribution in [-0.2, 0) is 9.59 Å². The van der Waals surface area contributed by atoms with Gasteiger partial charge >= 0.3 is 12.0 Å². The SMILES string of the molecule is NC(=O)C[C@H](NC(=O)Nc1cc(Cl)ccc1F)C(=O)O. The van der Waals surface area contributed by atoms with Crippen molar-refractivity contribution >= 4 is 35.2 Å². The number of halogens is 2. The van der Waals surface area contributed by atoms with Crippen molar-refractivity contribution in [2.45, 2.75) is 12.5 Å². The zero-order valence-electron chi connectivity index (χ0n) is 10.0. The number of nitrogens with two attached hydrogens (primary N) is 1. The Morgan fingerprint density at radius 2 is 2.05 bits per heavy atom. The summed E-state index contributed by atoms with van der Waals surface area (Å²) >= 11 is 5.63. The first-order valence-electron chi connectivity index (χ1n) is 5.33. The second-order valence-corrected chi connectivity index (χ2v) is 4.22. The van der Waals surface area contributed by atoms with Crippen molar-refractivity contribution in [3.8, 4) is 0 Å². The zero-order chi connectivity index (χ0) is 15.3. The van der Waals surface area contributed by atoms with Crippen molar-refractivity contribution in [3.63, 3.8) is 0 Å². The van der Waals surface area contributed by atoms with E-state index in [4.69, 9.17) is 22.4 Å². The molecule has 0 aliphatic rings. The molecule has 0 aromatic heterocycles. The van der Waals surface area contributed by atoms with E-state index in [-0.39, 0.29) is 10.7 Å². The number of benzene rings is 1. The molecule has 1 rings (SSSR count). The van der Waals surface area contributed by atoms with Gasteiger partial charge in [-0.1, -0.05) is 11.6 Å². The van der Waals surface area contributed by atoms with Crippen LogP contribution >= 0.6 is 11.6 Å². The summed E-state index contributed by atoms with van der Waals surface area (Å²) in [7, 11) is 0. The van der Waals surface area contributed by atoms with Gasteiger partial charge in [0.15, 0.2) is 0 Å². The van der Waals surface area contributed by atoms with Gasteiger partial charge in [-0.15, -0.1) is 0 Å². The van der Waals surface area contributed by atoms with E-state index < -0.39 is 36.2 Å². The lowest BCUT2D eigenvalue weighted by Gasteiger charge is -2.14. The summed E-state index contributed by atoms with van der Waals surface area (Å²) in [5.74, 6) is -3.08. The molecule has 0 saturated heterocycles. The monoisotopic (exact) mass is 303 g/mol. The smallest absolute Gasteiger partial charge is 0.326 e. The number of hydrogen-bond acceptors (Lipinski definition) is 3. The molecule has 3 amide bonds. The lowest BCUT2D eigenvalue weighted by Crippen LogP contribution is -2.45. The Hall–Kier alpha value is -2.35. The van der Waals surface area contributed by atoms with Gasteiger partial charge in [0.25, 0.3) is 0 Å². The molecular formula is C11H11ClFN3O4. The molecule has 1 aromatic rings. The number of nitrogens with one attached hydrogen (secondary N) is 2. The average Bonchev–Trinajstić information content (AvgIpc) is 2.32. The van der Waals surface area contributed by atoms with Crippen LogP contribution in [0.25, 0.3) is 0 Å². The molecule has 0 aliphatic carbocycles. The predicted octanol–water partition coefficient (Wildman–Crippen LogP) is 0.929. The Morgan fingerprint density at radius 3 is 2.60 bits per heavy atom. The summed E-state index contributed by atoms with van der Waals surface area (Å²) in [5.41, 5.74) is 4.63. The Kier molecular flexibility index (Phi) is 5.27. The highest BCUT2D eigenvalue weighted by Gasteiger charge is 2.22. The molecule has 1 atom stereocenters. The van der Waals surface area contributed by atoms with Crippen molar-refractivity contribution < 1.29 is 23.9 Å². The van der Waals surface area contributed by atoms with Crippen LogP contribution in [0.3, 0.4) is 0 Å². The maximum absolute atomic E-state index is 13.3. The topological polar surface area (TPSA) is 122 Å². The van der Waals surface area contributed by atoms with Crippen LogP contribution in [-0.4, -0.2) is 29.1 Å². The van der Waals surface area contributed by atoms with Crippen molar-refractivity contribution in [2.24, 2.45) is 5.73 Å². The minimum atomic E-state index is -1.50. The number of carboxylic acids is 1. The van der Waals surface area contributed by atoms with Crippen LogP contribution in [0.1, 0.15) is 6.42 Å². The number of rotatable bonds is 5. The van der Waals surface area contributed by atoms with Crippen molar-refractivity contribution in [1.29, 1.82) is 0 Å². The maximum Gasteiger partial charge on any atom is 0.326 e. The first-order chi connectivity index (χ1) is 9.29. The van der Waals surface area contributed by atoms with E-state index >= 15 is 0 Å². The van der Waals surface area contributed by atoms with E-state index in [1.165, 1.54) is 6.07 Å². The van der Waals surface area contributed by atoms with Crippen LogP contribution < -0.4 is 16.4 Å². The van der Waals surface area contributed by atoms with Gasteiger partial charge in [-0.2, -0.15) is 0 Å². The molecule has 9 heteroatoms. The number of urea groups is 1. The summed E-state index contributed by atoms with van der Waals surface area (Å²) in [4.78, 5) is 33.0. The number of primary amides is 1. The van der Waals surface area contributed by atoms with Crippen LogP contribution in [0.5, 0.6) is 0 Å². The number of carbonyl (C=O) groups is 3. The van der Waals surface area contributed by atoms with Crippen LogP contribution in [0.2, 0.25) is 5.02 Å². The largest absolute Gasteiger partial charge is 0.480 e. The summed E-state index contributed by atoms with van der Waals surface area (Å²) in [5, 5.41) is 13.0. The first kappa shape index (κ1) is 15.7. The van der Waals surface area contributed by atoms with E-state index in [2.05, 4.69) is 5.32 Å². The molecule has 20 heavy (non-hydrogen) atoms. The number of amides is 3. The molecule has 0 spiro atoms. The summed E-state index contributed by atoms with van der Waals surface area (Å²) < 4.78 is 13.3. The van der Waals surface area contributed by atoms with Crippen molar-refractivity contribution in [2.75, 3.05) is 5.32 Å². The zero-order valence-corrected chi connectivity index (χ0v) is 10.8. The van der Waals surface area contributed by atoms with Crippen LogP contribution in [0.15, 0.2) is 18.2 Å². The Morgan fingerprint density at radius 1 is 1.40 bits per heavy atom. The molecule has 7 nitrogen and oxygen atoms in total. The molecule has 0 fully saturated rings. The van der Waals surface area contributed by atoms with Gasteiger partial charge in [-0.05, 0) is 18.2 Å². The molecule has 108 valence electrons. The van der Waals surface area contributed by atoms with E-state index in [1.807, 2.05) is 5.32 Å². The molecule has 0 saturated carbocycles. The van der Waals surface area contributed by atoms with Gasteiger partial charge in [-0.3, -0.25) is 4.79 Å². The molecule has 5 N–H and O–H groups in total. The van der Waals surface area contributed by atoms with E-state index in [0.717, 1.165) is 12.1 Å². The summed E-state index contributed by atoms with van der Waals surface area (Å²) in [6.07, 6.45) is -0.583. The van der Waals surface area contributed by atoms with Crippen molar-refractivity contribution in [3.05, 3.63) is 29.0 Å². The fourth-order valence-electron chi connectivity index (χ4n) is 1.31. The average molecular weight is 304 g/mol. The quantitative estimate of drug-likeness (QED) is 0.646. The number of carboxylic acid groups (broad SMARTS) is 1. The lowest BCUT2D eigenvalue weighted by atomic mass is 10.2.